The largest absolute Gasteiger partial charge is 0.480 e. The number of aliphatic hydroxyl groups excluding tert-OH is 1. The Kier molecular flexibility index (Phi) is 5.24. The highest BCUT2D eigenvalue weighted by atomic mass is 16.4. The van der Waals surface area contributed by atoms with Crippen molar-refractivity contribution >= 4 is 12.0 Å². The maximum atomic E-state index is 11.4. The molecule has 9 nitrogen and oxygen atoms in total. The second-order valence-corrected chi connectivity index (χ2v) is 4.06. The van der Waals surface area contributed by atoms with Gasteiger partial charge in [-0.3, -0.25) is 0 Å². The first-order chi connectivity index (χ1) is 8.91. The van der Waals surface area contributed by atoms with Crippen LogP contribution in [0.5, 0.6) is 0 Å². The van der Waals surface area contributed by atoms with Crippen LogP contribution in [0.2, 0.25) is 0 Å². The number of carboxylic acid groups (broad SMARTS) is 1. The first kappa shape index (κ1) is 14.9. The van der Waals surface area contributed by atoms with Crippen molar-refractivity contribution in [1.29, 1.82) is 0 Å². The topological polar surface area (TPSA) is 129 Å². The predicted molar refractivity (Wildman–Crippen MR) is 64.3 cm³/mol. The van der Waals surface area contributed by atoms with Crippen molar-refractivity contribution in [2.75, 3.05) is 6.54 Å². The zero-order chi connectivity index (χ0) is 14.4. The lowest BCUT2D eigenvalue weighted by atomic mass is 10.2. The highest BCUT2D eigenvalue weighted by molar-refractivity contribution is 5.82. The van der Waals surface area contributed by atoms with E-state index in [2.05, 4.69) is 20.8 Å². The molecule has 0 aliphatic heterocycles. The third-order valence-corrected chi connectivity index (χ3v) is 2.47. The van der Waals surface area contributed by atoms with Gasteiger partial charge >= 0.3 is 12.0 Å². The van der Waals surface area contributed by atoms with Gasteiger partial charge in [0.1, 0.15) is 12.2 Å². The molecule has 9 heteroatoms. The van der Waals surface area contributed by atoms with Crippen LogP contribution in [0, 0.1) is 0 Å². The normalized spacial score (nSPS) is 13.6. The van der Waals surface area contributed by atoms with Crippen molar-refractivity contribution in [3.05, 3.63) is 12.2 Å². The molecule has 0 aliphatic rings. The Morgan fingerprint density at radius 2 is 2.21 bits per heavy atom. The van der Waals surface area contributed by atoms with Crippen molar-refractivity contribution in [1.82, 2.24) is 25.4 Å². The molecule has 2 amide bonds. The SMILES string of the molecule is CC(O)C(NC(=O)NCCc1nncn1C)C(=O)O. The molecule has 0 spiro atoms. The summed E-state index contributed by atoms with van der Waals surface area (Å²) in [6, 6.07) is -2.00. The van der Waals surface area contributed by atoms with Gasteiger partial charge in [0.25, 0.3) is 0 Å². The third kappa shape index (κ3) is 4.54. The summed E-state index contributed by atoms with van der Waals surface area (Å²) in [5.41, 5.74) is 0. The number of carbonyl (C=O) groups excluding carboxylic acids is 1. The molecule has 4 N–H and O–H groups in total. The lowest BCUT2D eigenvalue weighted by molar-refractivity contribution is -0.141. The number of carboxylic acids is 1. The molecule has 1 heterocycles. The number of hydrogen-bond donors (Lipinski definition) is 4. The van der Waals surface area contributed by atoms with Crippen LogP contribution in [-0.4, -0.2) is 55.7 Å². The number of rotatable bonds is 6. The van der Waals surface area contributed by atoms with Gasteiger partial charge in [0.2, 0.25) is 0 Å². The number of nitrogens with one attached hydrogen (secondary N) is 2. The fourth-order valence-electron chi connectivity index (χ4n) is 1.40. The van der Waals surface area contributed by atoms with Crippen molar-refractivity contribution in [3.8, 4) is 0 Å². The van der Waals surface area contributed by atoms with E-state index < -0.39 is 24.1 Å². The molecule has 0 aromatic carbocycles. The van der Waals surface area contributed by atoms with Gasteiger partial charge in [-0.15, -0.1) is 10.2 Å². The Morgan fingerprint density at radius 1 is 1.53 bits per heavy atom. The van der Waals surface area contributed by atoms with Crippen molar-refractivity contribution in [3.63, 3.8) is 0 Å². The zero-order valence-electron chi connectivity index (χ0n) is 10.7. The quantitative estimate of drug-likeness (QED) is 0.498. The summed E-state index contributed by atoms with van der Waals surface area (Å²) in [4.78, 5) is 22.2. The lowest BCUT2D eigenvalue weighted by Gasteiger charge is -2.17. The van der Waals surface area contributed by atoms with E-state index in [1.54, 1.807) is 17.9 Å². The summed E-state index contributed by atoms with van der Waals surface area (Å²) in [5, 5.41) is 30.2. The monoisotopic (exact) mass is 271 g/mol. The highest BCUT2D eigenvalue weighted by Crippen LogP contribution is 1.94. The van der Waals surface area contributed by atoms with Crippen LogP contribution in [0.25, 0.3) is 0 Å². The molecule has 0 saturated carbocycles. The molecule has 0 bridgehead atoms. The fraction of sp³-hybridized carbons (Fsp3) is 0.600. The van der Waals surface area contributed by atoms with Gasteiger partial charge in [0.05, 0.1) is 6.10 Å². The van der Waals surface area contributed by atoms with E-state index in [4.69, 9.17) is 5.11 Å². The van der Waals surface area contributed by atoms with Gasteiger partial charge in [-0.05, 0) is 6.92 Å². The molecule has 2 atom stereocenters. The average Bonchev–Trinajstić information content (AvgIpc) is 2.71. The zero-order valence-corrected chi connectivity index (χ0v) is 10.7. The minimum absolute atomic E-state index is 0.282. The van der Waals surface area contributed by atoms with Gasteiger partial charge in [0.15, 0.2) is 6.04 Å². The molecule has 106 valence electrons. The van der Waals surface area contributed by atoms with E-state index in [0.717, 1.165) is 0 Å². The van der Waals surface area contributed by atoms with E-state index in [9.17, 15) is 14.7 Å². The molecule has 0 saturated heterocycles. The third-order valence-electron chi connectivity index (χ3n) is 2.47. The number of aliphatic carboxylic acids is 1. The molecule has 1 aromatic heterocycles. The fourth-order valence-corrected chi connectivity index (χ4v) is 1.40. The number of hydrogen-bond acceptors (Lipinski definition) is 5. The number of nitrogens with zero attached hydrogens (tertiary/aromatic N) is 3. The minimum Gasteiger partial charge on any atom is -0.480 e. The second-order valence-electron chi connectivity index (χ2n) is 4.06. The summed E-state index contributed by atoms with van der Waals surface area (Å²) in [6.45, 7) is 1.57. The van der Waals surface area contributed by atoms with Crippen molar-refractivity contribution in [2.24, 2.45) is 7.05 Å². The van der Waals surface area contributed by atoms with Gasteiger partial charge in [-0.1, -0.05) is 0 Å². The molecule has 19 heavy (non-hydrogen) atoms. The Balaban J connectivity index is 2.35. The number of amides is 2. The number of urea groups is 1. The van der Waals surface area contributed by atoms with Crippen LogP contribution in [0.15, 0.2) is 6.33 Å². The van der Waals surface area contributed by atoms with E-state index in [0.29, 0.717) is 12.2 Å². The number of aryl methyl sites for hydroxylation is 1. The Hall–Kier alpha value is -2.16. The van der Waals surface area contributed by atoms with Crippen LogP contribution < -0.4 is 10.6 Å². The minimum atomic E-state index is -1.34. The van der Waals surface area contributed by atoms with Crippen LogP contribution in [0.1, 0.15) is 12.7 Å². The van der Waals surface area contributed by atoms with Gasteiger partial charge < -0.3 is 25.4 Å². The predicted octanol–water partition coefficient (Wildman–Crippen LogP) is -1.51. The van der Waals surface area contributed by atoms with Gasteiger partial charge in [0, 0.05) is 20.0 Å². The molecular formula is C10H17N5O4. The second kappa shape index (κ2) is 6.69. The molecule has 0 radical (unpaired) electrons. The summed E-state index contributed by atoms with van der Waals surface area (Å²) in [6.07, 6.45) is 0.835. The summed E-state index contributed by atoms with van der Waals surface area (Å²) >= 11 is 0. The highest BCUT2D eigenvalue weighted by Gasteiger charge is 2.24. The molecule has 2 unspecified atom stereocenters. The number of aromatic nitrogens is 3. The van der Waals surface area contributed by atoms with E-state index in [1.807, 2.05) is 0 Å². The summed E-state index contributed by atoms with van der Waals surface area (Å²) in [7, 11) is 1.78. The molecule has 1 aromatic rings. The average molecular weight is 271 g/mol. The van der Waals surface area contributed by atoms with E-state index >= 15 is 0 Å². The van der Waals surface area contributed by atoms with Crippen molar-refractivity contribution < 1.29 is 19.8 Å². The van der Waals surface area contributed by atoms with Crippen LogP contribution in [-0.2, 0) is 18.3 Å². The maximum absolute atomic E-state index is 11.4. The van der Waals surface area contributed by atoms with Crippen LogP contribution >= 0.6 is 0 Å². The standard InChI is InChI=1S/C10H17N5O4/c1-6(16)8(9(17)18)13-10(19)11-4-3-7-14-12-5-15(7)2/h5-6,8,16H,3-4H2,1-2H3,(H,17,18)(H2,11,13,19). The Morgan fingerprint density at radius 3 is 2.68 bits per heavy atom. The Bertz CT molecular complexity index is 445. The van der Waals surface area contributed by atoms with E-state index in [1.165, 1.54) is 6.92 Å². The molecule has 1 rings (SSSR count). The number of carbonyl (C=O) groups is 2. The Labute approximate surface area is 109 Å². The summed E-state index contributed by atoms with van der Waals surface area (Å²) in [5.74, 6) is -0.593. The number of aliphatic hydroxyl groups is 1. The first-order valence-electron chi connectivity index (χ1n) is 5.70. The smallest absolute Gasteiger partial charge is 0.328 e. The van der Waals surface area contributed by atoms with Crippen LogP contribution in [0.3, 0.4) is 0 Å². The van der Waals surface area contributed by atoms with E-state index in [-0.39, 0.29) is 6.54 Å². The summed E-state index contributed by atoms with van der Waals surface area (Å²) < 4.78 is 1.72. The lowest BCUT2D eigenvalue weighted by Crippen LogP contribution is -2.51. The van der Waals surface area contributed by atoms with Gasteiger partial charge in [-0.2, -0.15) is 0 Å². The maximum Gasteiger partial charge on any atom is 0.328 e. The molecule has 0 fully saturated rings. The molecule has 0 aliphatic carbocycles. The molecular weight excluding hydrogens is 254 g/mol. The van der Waals surface area contributed by atoms with Gasteiger partial charge in [-0.25, -0.2) is 9.59 Å². The van der Waals surface area contributed by atoms with Crippen LogP contribution in [0.4, 0.5) is 4.79 Å². The van der Waals surface area contributed by atoms with Crippen molar-refractivity contribution in [2.45, 2.75) is 25.5 Å². The first-order valence-corrected chi connectivity index (χ1v) is 5.70.